The molecule has 0 atom stereocenters. The average molecular weight is 343 g/mol. The predicted octanol–water partition coefficient (Wildman–Crippen LogP) is 3.52. The van der Waals surface area contributed by atoms with Gasteiger partial charge in [-0.3, -0.25) is 14.9 Å². The summed E-state index contributed by atoms with van der Waals surface area (Å²) in [4.78, 5) is 22.8. The Hall–Kier alpha value is -3.35. The van der Waals surface area contributed by atoms with Crippen LogP contribution in [-0.4, -0.2) is 32.0 Å². The Bertz CT molecular complexity index is 828. The summed E-state index contributed by atoms with van der Waals surface area (Å²) in [5, 5.41) is 11.0. The summed E-state index contributed by atoms with van der Waals surface area (Å²) in [6.45, 7) is 0. The summed E-state index contributed by atoms with van der Waals surface area (Å²) in [5.41, 5.74) is 0.353. The van der Waals surface area contributed by atoms with E-state index in [0.29, 0.717) is 22.8 Å². The molecule has 0 aliphatic rings. The summed E-state index contributed by atoms with van der Waals surface area (Å²) >= 11 is 0. The number of nitro groups is 1. The van der Waals surface area contributed by atoms with E-state index in [1.165, 1.54) is 51.7 Å². The summed E-state index contributed by atoms with van der Waals surface area (Å²) in [6, 6.07) is 9.16. The zero-order valence-corrected chi connectivity index (χ0v) is 14.0. The van der Waals surface area contributed by atoms with Crippen LogP contribution in [0.1, 0.15) is 15.9 Å². The molecule has 0 N–H and O–H groups in total. The van der Waals surface area contributed by atoms with Gasteiger partial charge in [-0.25, -0.2) is 0 Å². The maximum atomic E-state index is 12.3. The van der Waals surface area contributed by atoms with Crippen LogP contribution in [-0.2, 0) is 0 Å². The van der Waals surface area contributed by atoms with E-state index in [-0.39, 0.29) is 11.3 Å². The molecular weight excluding hydrogens is 326 g/mol. The van der Waals surface area contributed by atoms with Gasteiger partial charge in [-0.2, -0.15) is 0 Å². The monoisotopic (exact) mass is 343 g/mol. The zero-order valence-electron chi connectivity index (χ0n) is 14.0. The van der Waals surface area contributed by atoms with E-state index in [0.717, 1.165) is 0 Å². The number of ketones is 1. The first-order valence-electron chi connectivity index (χ1n) is 7.28. The SMILES string of the molecule is COc1ccc(/C=C/C(=O)c2ccccc2[N+](=O)[O-])c(OC)c1OC. The highest BCUT2D eigenvalue weighted by molar-refractivity contribution is 6.09. The highest BCUT2D eigenvalue weighted by Gasteiger charge is 2.18. The minimum absolute atomic E-state index is 0.0168. The molecule has 7 nitrogen and oxygen atoms in total. The van der Waals surface area contributed by atoms with Crippen LogP contribution >= 0.6 is 0 Å². The summed E-state index contributed by atoms with van der Waals surface area (Å²) in [6.07, 6.45) is 2.77. The first-order chi connectivity index (χ1) is 12.0. The average Bonchev–Trinajstić information content (AvgIpc) is 2.64. The second-order valence-electron chi connectivity index (χ2n) is 4.90. The molecule has 25 heavy (non-hydrogen) atoms. The molecule has 0 amide bonds. The lowest BCUT2D eigenvalue weighted by Gasteiger charge is -2.13. The molecule has 0 spiro atoms. The number of rotatable bonds is 7. The fourth-order valence-electron chi connectivity index (χ4n) is 2.35. The first kappa shape index (κ1) is 18.0. The van der Waals surface area contributed by atoms with Crippen molar-refractivity contribution in [1.82, 2.24) is 0 Å². The number of nitrogens with zero attached hydrogens (tertiary/aromatic N) is 1. The van der Waals surface area contributed by atoms with Crippen molar-refractivity contribution < 1.29 is 23.9 Å². The van der Waals surface area contributed by atoms with Crippen molar-refractivity contribution in [2.45, 2.75) is 0 Å². The molecule has 0 fully saturated rings. The van der Waals surface area contributed by atoms with Crippen molar-refractivity contribution in [3.63, 3.8) is 0 Å². The molecule has 130 valence electrons. The molecule has 2 rings (SSSR count). The number of nitro benzene ring substituents is 1. The van der Waals surface area contributed by atoms with Crippen molar-refractivity contribution in [1.29, 1.82) is 0 Å². The molecule has 0 saturated heterocycles. The van der Waals surface area contributed by atoms with Gasteiger partial charge in [0.05, 0.1) is 31.8 Å². The molecule has 0 aliphatic carbocycles. The topological polar surface area (TPSA) is 87.9 Å². The Balaban J connectivity index is 2.40. The minimum Gasteiger partial charge on any atom is -0.493 e. The summed E-state index contributed by atoms with van der Waals surface area (Å²) in [7, 11) is 4.45. The van der Waals surface area contributed by atoms with Gasteiger partial charge in [-0.1, -0.05) is 12.1 Å². The van der Waals surface area contributed by atoms with Crippen LogP contribution in [0, 0.1) is 10.1 Å². The number of carbonyl (C=O) groups is 1. The maximum absolute atomic E-state index is 12.3. The Morgan fingerprint density at radius 3 is 2.28 bits per heavy atom. The molecule has 0 radical (unpaired) electrons. The number of carbonyl (C=O) groups excluding carboxylic acids is 1. The van der Waals surface area contributed by atoms with E-state index in [2.05, 4.69) is 0 Å². The number of allylic oxidation sites excluding steroid dienone is 1. The van der Waals surface area contributed by atoms with Gasteiger partial charge in [0.15, 0.2) is 17.3 Å². The smallest absolute Gasteiger partial charge is 0.280 e. The normalized spacial score (nSPS) is 10.5. The van der Waals surface area contributed by atoms with E-state index < -0.39 is 10.7 Å². The second-order valence-corrected chi connectivity index (χ2v) is 4.90. The van der Waals surface area contributed by atoms with Crippen LogP contribution in [0.15, 0.2) is 42.5 Å². The van der Waals surface area contributed by atoms with Crippen LogP contribution < -0.4 is 14.2 Å². The number of para-hydroxylation sites is 1. The molecular formula is C18H17NO6. The van der Waals surface area contributed by atoms with Gasteiger partial charge in [0.25, 0.3) is 5.69 Å². The van der Waals surface area contributed by atoms with E-state index >= 15 is 0 Å². The number of benzene rings is 2. The quantitative estimate of drug-likeness (QED) is 0.331. The van der Waals surface area contributed by atoms with E-state index in [1.807, 2.05) is 0 Å². The Morgan fingerprint density at radius 1 is 1.00 bits per heavy atom. The highest BCUT2D eigenvalue weighted by Crippen LogP contribution is 2.40. The largest absolute Gasteiger partial charge is 0.493 e. The number of methoxy groups -OCH3 is 3. The lowest BCUT2D eigenvalue weighted by molar-refractivity contribution is -0.385. The molecule has 0 saturated carbocycles. The summed E-state index contributed by atoms with van der Waals surface area (Å²) in [5.74, 6) is 0.796. The standard InChI is InChI=1S/C18H17NO6/c1-23-16-11-9-12(17(24-2)18(16)25-3)8-10-15(20)13-6-4-5-7-14(13)19(21)22/h4-11H,1-3H3/b10-8+. The van der Waals surface area contributed by atoms with Crippen LogP contribution in [0.25, 0.3) is 6.08 Å². The van der Waals surface area contributed by atoms with E-state index in [1.54, 1.807) is 18.2 Å². The maximum Gasteiger partial charge on any atom is 0.280 e. The lowest BCUT2D eigenvalue weighted by Crippen LogP contribution is -2.01. The van der Waals surface area contributed by atoms with Crippen LogP contribution in [0.2, 0.25) is 0 Å². The first-order valence-corrected chi connectivity index (χ1v) is 7.28. The van der Waals surface area contributed by atoms with Crippen molar-refractivity contribution in [3.05, 3.63) is 63.7 Å². The third-order valence-electron chi connectivity index (χ3n) is 3.52. The van der Waals surface area contributed by atoms with Crippen LogP contribution in [0.4, 0.5) is 5.69 Å². The molecule has 0 unspecified atom stereocenters. The van der Waals surface area contributed by atoms with Gasteiger partial charge in [0.2, 0.25) is 5.75 Å². The molecule has 0 aromatic heterocycles. The van der Waals surface area contributed by atoms with Crippen molar-refractivity contribution in [2.75, 3.05) is 21.3 Å². The van der Waals surface area contributed by atoms with Crippen LogP contribution in [0.3, 0.4) is 0 Å². The van der Waals surface area contributed by atoms with Gasteiger partial charge in [-0.15, -0.1) is 0 Å². The van der Waals surface area contributed by atoms with Crippen molar-refractivity contribution >= 4 is 17.5 Å². The van der Waals surface area contributed by atoms with E-state index in [9.17, 15) is 14.9 Å². The van der Waals surface area contributed by atoms with Gasteiger partial charge in [-0.05, 0) is 30.4 Å². The van der Waals surface area contributed by atoms with Gasteiger partial charge in [0, 0.05) is 11.6 Å². The van der Waals surface area contributed by atoms with Crippen molar-refractivity contribution in [2.24, 2.45) is 0 Å². The molecule has 0 heterocycles. The molecule has 0 bridgehead atoms. The van der Waals surface area contributed by atoms with Gasteiger partial charge in [0.1, 0.15) is 0 Å². The third-order valence-corrected chi connectivity index (χ3v) is 3.52. The van der Waals surface area contributed by atoms with E-state index in [4.69, 9.17) is 14.2 Å². The number of hydrogen-bond acceptors (Lipinski definition) is 6. The molecule has 7 heteroatoms. The predicted molar refractivity (Wildman–Crippen MR) is 92.6 cm³/mol. The zero-order chi connectivity index (χ0) is 18.4. The van der Waals surface area contributed by atoms with Crippen molar-refractivity contribution in [3.8, 4) is 17.2 Å². The van der Waals surface area contributed by atoms with Crippen LogP contribution in [0.5, 0.6) is 17.2 Å². The second kappa shape index (κ2) is 7.96. The lowest BCUT2D eigenvalue weighted by atomic mass is 10.1. The minimum atomic E-state index is -0.585. The van der Waals surface area contributed by atoms with Gasteiger partial charge >= 0.3 is 0 Å². The highest BCUT2D eigenvalue weighted by atomic mass is 16.6. The Kier molecular flexibility index (Phi) is 5.73. The number of ether oxygens (including phenoxy) is 3. The fraction of sp³-hybridized carbons (Fsp3) is 0.167. The molecule has 0 aliphatic heterocycles. The number of hydrogen-bond donors (Lipinski definition) is 0. The van der Waals surface area contributed by atoms with Gasteiger partial charge < -0.3 is 14.2 Å². The Morgan fingerprint density at radius 2 is 1.68 bits per heavy atom. The summed E-state index contributed by atoms with van der Waals surface area (Å²) < 4.78 is 15.8. The fourth-order valence-corrected chi connectivity index (χ4v) is 2.35. The Labute approximate surface area is 144 Å². The molecule has 2 aromatic rings. The molecule has 2 aromatic carbocycles. The third kappa shape index (κ3) is 3.77.